The van der Waals surface area contributed by atoms with Crippen LogP contribution in [0.25, 0.3) is 0 Å². The van der Waals surface area contributed by atoms with E-state index in [-0.39, 0.29) is 11.9 Å². The van der Waals surface area contributed by atoms with Crippen LogP contribution in [0.2, 0.25) is 0 Å². The molecule has 1 atom stereocenters. The summed E-state index contributed by atoms with van der Waals surface area (Å²) in [6.45, 7) is 4.97. The molecule has 1 unspecified atom stereocenters. The Balaban J connectivity index is 1.46. The lowest BCUT2D eigenvalue weighted by atomic mass is 10.0. The summed E-state index contributed by atoms with van der Waals surface area (Å²) in [5.74, 6) is 2.20. The number of carbonyl (C=O) groups is 1. The molecule has 7 nitrogen and oxygen atoms in total. The van der Waals surface area contributed by atoms with E-state index in [1.54, 1.807) is 6.92 Å². The lowest BCUT2D eigenvalue weighted by Crippen LogP contribution is -2.44. The molecule has 4 rings (SSSR count). The SMILES string of the molecule is Cc1noc(C2CCCCN2C(=O)CN2CCOc3ccccc3C2)n1. The number of nitrogens with zero attached hydrogens (tertiary/aromatic N) is 4. The fourth-order valence-electron chi connectivity index (χ4n) is 3.73. The molecule has 0 aliphatic carbocycles. The Kier molecular flexibility index (Phi) is 4.88. The molecular formula is C19H24N4O3. The van der Waals surface area contributed by atoms with Crippen molar-refractivity contribution in [3.63, 3.8) is 0 Å². The highest BCUT2D eigenvalue weighted by molar-refractivity contribution is 5.78. The Morgan fingerprint density at radius 3 is 3.00 bits per heavy atom. The molecule has 2 aromatic rings. The van der Waals surface area contributed by atoms with Crippen LogP contribution >= 0.6 is 0 Å². The summed E-state index contributed by atoms with van der Waals surface area (Å²) in [7, 11) is 0. The molecule has 7 heteroatoms. The van der Waals surface area contributed by atoms with Crippen LogP contribution in [-0.2, 0) is 11.3 Å². The molecule has 2 aliphatic heterocycles. The summed E-state index contributed by atoms with van der Waals surface area (Å²) in [5, 5.41) is 3.89. The van der Waals surface area contributed by atoms with Gasteiger partial charge >= 0.3 is 0 Å². The van der Waals surface area contributed by atoms with E-state index in [1.165, 1.54) is 0 Å². The number of para-hydroxylation sites is 1. The fourth-order valence-corrected chi connectivity index (χ4v) is 3.73. The van der Waals surface area contributed by atoms with Gasteiger partial charge in [-0.25, -0.2) is 0 Å². The van der Waals surface area contributed by atoms with Crippen LogP contribution in [0.5, 0.6) is 5.75 Å². The van der Waals surface area contributed by atoms with Crippen molar-refractivity contribution < 1.29 is 14.1 Å². The van der Waals surface area contributed by atoms with Gasteiger partial charge in [0.15, 0.2) is 5.82 Å². The minimum absolute atomic E-state index is 0.104. The van der Waals surface area contributed by atoms with Crippen LogP contribution in [0, 0.1) is 6.92 Å². The third-order valence-electron chi connectivity index (χ3n) is 5.04. The van der Waals surface area contributed by atoms with Gasteiger partial charge in [-0.05, 0) is 32.3 Å². The summed E-state index contributed by atoms with van der Waals surface area (Å²) in [4.78, 5) is 21.5. The highest BCUT2D eigenvalue weighted by Gasteiger charge is 2.32. The molecule has 2 aliphatic rings. The maximum Gasteiger partial charge on any atom is 0.249 e. The summed E-state index contributed by atoms with van der Waals surface area (Å²) >= 11 is 0. The van der Waals surface area contributed by atoms with Gasteiger partial charge in [0.25, 0.3) is 0 Å². The van der Waals surface area contributed by atoms with Crippen molar-refractivity contribution in [3.05, 3.63) is 41.5 Å². The third-order valence-corrected chi connectivity index (χ3v) is 5.04. The molecule has 1 amide bonds. The van der Waals surface area contributed by atoms with Gasteiger partial charge in [0.2, 0.25) is 11.8 Å². The lowest BCUT2D eigenvalue weighted by molar-refractivity contribution is -0.137. The van der Waals surface area contributed by atoms with Crippen LogP contribution in [0.1, 0.15) is 42.6 Å². The van der Waals surface area contributed by atoms with E-state index in [0.717, 1.165) is 50.2 Å². The molecule has 1 saturated heterocycles. The zero-order valence-corrected chi connectivity index (χ0v) is 15.1. The molecule has 138 valence electrons. The molecule has 0 N–H and O–H groups in total. The Morgan fingerprint density at radius 2 is 2.15 bits per heavy atom. The predicted molar refractivity (Wildman–Crippen MR) is 94.6 cm³/mol. The summed E-state index contributed by atoms with van der Waals surface area (Å²) < 4.78 is 11.2. The second kappa shape index (κ2) is 7.45. The third kappa shape index (κ3) is 3.58. The number of hydrogen-bond donors (Lipinski definition) is 0. The molecular weight excluding hydrogens is 332 g/mol. The van der Waals surface area contributed by atoms with E-state index in [4.69, 9.17) is 9.26 Å². The van der Waals surface area contributed by atoms with Crippen molar-refractivity contribution in [2.24, 2.45) is 0 Å². The summed E-state index contributed by atoms with van der Waals surface area (Å²) in [5.41, 5.74) is 1.13. The zero-order valence-electron chi connectivity index (χ0n) is 15.1. The highest BCUT2D eigenvalue weighted by Crippen LogP contribution is 2.30. The normalized spacial score (nSPS) is 21.0. The largest absolute Gasteiger partial charge is 0.492 e. The minimum Gasteiger partial charge on any atom is -0.492 e. The molecule has 1 aromatic heterocycles. The number of piperidine rings is 1. The van der Waals surface area contributed by atoms with Crippen molar-refractivity contribution in [1.82, 2.24) is 19.9 Å². The molecule has 1 fully saturated rings. The van der Waals surface area contributed by atoms with E-state index in [1.807, 2.05) is 23.1 Å². The Morgan fingerprint density at radius 1 is 1.27 bits per heavy atom. The van der Waals surface area contributed by atoms with E-state index in [9.17, 15) is 4.79 Å². The van der Waals surface area contributed by atoms with E-state index in [0.29, 0.717) is 24.9 Å². The van der Waals surface area contributed by atoms with Gasteiger partial charge in [-0.2, -0.15) is 4.98 Å². The summed E-state index contributed by atoms with van der Waals surface area (Å²) in [6.07, 6.45) is 2.96. The monoisotopic (exact) mass is 356 g/mol. The molecule has 3 heterocycles. The maximum atomic E-state index is 13.0. The van der Waals surface area contributed by atoms with Gasteiger partial charge in [-0.3, -0.25) is 9.69 Å². The number of fused-ring (bicyclic) bond motifs is 1. The van der Waals surface area contributed by atoms with Crippen molar-refractivity contribution in [2.45, 2.75) is 38.8 Å². The Labute approximate surface area is 152 Å². The second-order valence-corrected chi connectivity index (χ2v) is 6.95. The van der Waals surface area contributed by atoms with E-state index >= 15 is 0 Å². The predicted octanol–water partition coefficient (Wildman–Crippen LogP) is 2.33. The number of ether oxygens (including phenoxy) is 1. The second-order valence-electron chi connectivity index (χ2n) is 6.95. The van der Waals surface area contributed by atoms with Crippen LogP contribution < -0.4 is 4.74 Å². The first-order chi connectivity index (χ1) is 12.7. The number of hydrogen-bond acceptors (Lipinski definition) is 6. The topological polar surface area (TPSA) is 71.7 Å². The van der Waals surface area contributed by atoms with E-state index < -0.39 is 0 Å². The highest BCUT2D eigenvalue weighted by atomic mass is 16.5. The quantitative estimate of drug-likeness (QED) is 0.840. The van der Waals surface area contributed by atoms with Gasteiger partial charge in [0, 0.05) is 25.2 Å². The molecule has 0 saturated carbocycles. The fraction of sp³-hybridized carbons (Fsp3) is 0.526. The van der Waals surface area contributed by atoms with Crippen molar-refractivity contribution in [3.8, 4) is 5.75 Å². The molecule has 0 radical (unpaired) electrons. The first-order valence-electron chi connectivity index (χ1n) is 9.23. The van der Waals surface area contributed by atoms with Gasteiger partial charge in [-0.15, -0.1) is 0 Å². The first-order valence-corrected chi connectivity index (χ1v) is 9.23. The van der Waals surface area contributed by atoms with E-state index in [2.05, 4.69) is 21.1 Å². The van der Waals surface area contributed by atoms with Gasteiger partial charge in [-0.1, -0.05) is 23.4 Å². The van der Waals surface area contributed by atoms with Gasteiger partial charge in [0.05, 0.1) is 6.54 Å². The number of carbonyl (C=O) groups excluding carboxylic acids is 1. The maximum absolute atomic E-state index is 13.0. The summed E-state index contributed by atoms with van der Waals surface area (Å²) in [6, 6.07) is 7.92. The Hall–Kier alpha value is -2.41. The minimum atomic E-state index is -0.104. The zero-order chi connectivity index (χ0) is 17.9. The number of aryl methyl sites for hydroxylation is 1. The number of likely N-dealkylation sites (tertiary alicyclic amines) is 1. The average Bonchev–Trinajstić information content (AvgIpc) is 2.98. The first kappa shape index (κ1) is 17.0. The molecule has 0 bridgehead atoms. The van der Waals surface area contributed by atoms with Gasteiger partial charge in [0.1, 0.15) is 18.4 Å². The standard InChI is InChI=1S/C19H24N4O3/c1-14-20-19(26-21-14)16-7-4-5-9-23(16)18(24)13-22-10-11-25-17-8-3-2-6-15(17)12-22/h2-3,6,8,16H,4-5,7,9-13H2,1H3. The molecule has 1 aromatic carbocycles. The van der Waals surface area contributed by atoms with Gasteiger partial charge < -0.3 is 14.2 Å². The van der Waals surface area contributed by atoms with Crippen LogP contribution in [0.4, 0.5) is 0 Å². The van der Waals surface area contributed by atoms with Crippen molar-refractivity contribution >= 4 is 5.91 Å². The molecule has 0 spiro atoms. The number of aromatic nitrogens is 2. The van der Waals surface area contributed by atoms with Crippen LogP contribution in [-0.4, -0.2) is 52.1 Å². The van der Waals surface area contributed by atoms with Crippen molar-refractivity contribution in [2.75, 3.05) is 26.2 Å². The van der Waals surface area contributed by atoms with Crippen molar-refractivity contribution in [1.29, 1.82) is 0 Å². The number of benzene rings is 1. The smallest absolute Gasteiger partial charge is 0.249 e. The average molecular weight is 356 g/mol. The number of rotatable bonds is 3. The lowest BCUT2D eigenvalue weighted by Gasteiger charge is -2.34. The van der Waals surface area contributed by atoms with Crippen LogP contribution in [0.15, 0.2) is 28.8 Å². The Bertz CT molecular complexity index is 776. The number of amides is 1. The van der Waals surface area contributed by atoms with Crippen LogP contribution in [0.3, 0.4) is 0 Å². The molecule has 26 heavy (non-hydrogen) atoms.